The average Bonchev–Trinajstić information content (AvgIpc) is 2.86. The van der Waals surface area contributed by atoms with Crippen LogP contribution in [0.4, 0.5) is 4.79 Å². The number of fused-ring (bicyclic) bond motifs is 1. The number of aromatic nitrogens is 1. The van der Waals surface area contributed by atoms with Gasteiger partial charge in [0, 0.05) is 26.2 Å². The number of carbonyl (C=O) groups is 2. The third-order valence-corrected chi connectivity index (χ3v) is 4.54. The molecule has 0 aliphatic carbocycles. The van der Waals surface area contributed by atoms with Gasteiger partial charge in [0.25, 0.3) is 5.91 Å². The fraction of sp³-hybridized carbons (Fsp3) is 0.421. The van der Waals surface area contributed by atoms with Crippen molar-refractivity contribution in [3.05, 3.63) is 41.1 Å². The van der Waals surface area contributed by atoms with E-state index in [2.05, 4.69) is 4.98 Å². The third-order valence-electron chi connectivity index (χ3n) is 4.54. The maximum atomic E-state index is 12.2. The lowest BCUT2D eigenvalue weighted by atomic mass is 10.0. The van der Waals surface area contributed by atoms with Crippen LogP contribution in [0.5, 0.6) is 0 Å². The number of nitrogens with two attached hydrogens (primary N) is 1. The van der Waals surface area contributed by atoms with Crippen LogP contribution >= 0.6 is 0 Å². The van der Waals surface area contributed by atoms with Crippen molar-refractivity contribution in [3.8, 4) is 0 Å². The maximum absolute atomic E-state index is 12.2. The molecule has 0 bridgehead atoms. The lowest BCUT2D eigenvalue weighted by Crippen LogP contribution is -2.31. The molecule has 27 heavy (non-hydrogen) atoms. The molecule has 8 heteroatoms. The van der Waals surface area contributed by atoms with Gasteiger partial charge in [-0.1, -0.05) is 12.1 Å². The Kier molecular flexibility index (Phi) is 5.88. The van der Waals surface area contributed by atoms with E-state index in [-0.39, 0.29) is 6.09 Å². The summed E-state index contributed by atoms with van der Waals surface area (Å²) in [5, 5.41) is 0.749. The van der Waals surface area contributed by atoms with Crippen LogP contribution in [0.15, 0.2) is 24.3 Å². The Hall–Kier alpha value is -2.71. The van der Waals surface area contributed by atoms with Crippen LogP contribution in [0.2, 0.25) is 0 Å². The second-order valence-corrected chi connectivity index (χ2v) is 6.32. The first-order valence-corrected chi connectivity index (χ1v) is 8.74. The van der Waals surface area contributed by atoms with Gasteiger partial charge < -0.3 is 24.8 Å². The van der Waals surface area contributed by atoms with Gasteiger partial charge in [-0.25, -0.2) is 9.78 Å². The van der Waals surface area contributed by atoms with Crippen LogP contribution in [-0.4, -0.2) is 49.3 Å². The van der Waals surface area contributed by atoms with Gasteiger partial charge in [0.05, 0.1) is 24.2 Å². The minimum Gasteiger partial charge on any atom is -0.449 e. The molecule has 144 valence electrons. The Morgan fingerprint density at radius 2 is 2.11 bits per heavy atom. The predicted octanol–water partition coefficient (Wildman–Crippen LogP) is 2.36. The largest absolute Gasteiger partial charge is 0.449 e. The summed E-state index contributed by atoms with van der Waals surface area (Å²) in [4.78, 5) is 30.2. The van der Waals surface area contributed by atoms with E-state index in [1.165, 1.54) is 14.2 Å². The Bertz CT molecular complexity index is 851. The molecule has 0 unspecified atom stereocenters. The van der Waals surface area contributed by atoms with Crippen LogP contribution < -0.4 is 5.73 Å². The number of nitrogens with zero attached hydrogens (tertiary/aromatic N) is 2. The van der Waals surface area contributed by atoms with E-state index in [0.717, 1.165) is 23.8 Å². The van der Waals surface area contributed by atoms with E-state index in [0.29, 0.717) is 36.5 Å². The Morgan fingerprint density at radius 3 is 2.81 bits per heavy atom. The van der Waals surface area contributed by atoms with Crippen LogP contribution in [0.1, 0.15) is 40.7 Å². The molecule has 2 amide bonds. The number of para-hydroxylation sites is 1. The van der Waals surface area contributed by atoms with Crippen LogP contribution in [0.3, 0.4) is 0 Å². The van der Waals surface area contributed by atoms with Gasteiger partial charge in [-0.15, -0.1) is 0 Å². The van der Waals surface area contributed by atoms with E-state index in [1.807, 2.05) is 12.1 Å². The van der Waals surface area contributed by atoms with Crippen LogP contribution in [-0.2, 0) is 20.8 Å². The van der Waals surface area contributed by atoms with E-state index in [4.69, 9.17) is 19.9 Å². The summed E-state index contributed by atoms with van der Waals surface area (Å²) in [7, 11) is 3.01. The van der Waals surface area contributed by atoms with E-state index < -0.39 is 12.2 Å². The molecule has 0 saturated carbocycles. The number of hydrogen-bond acceptors (Lipinski definition) is 6. The molecule has 0 atom stereocenters. The van der Waals surface area contributed by atoms with E-state index in [9.17, 15) is 9.59 Å². The molecule has 3 rings (SSSR count). The van der Waals surface area contributed by atoms with Gasteiger partial charge in [0.15, 0.2) is 0 Å². The summed E-state index contributed by atoms with van der Waals surface area (Å²) in [6.45, 7) is 1.34. The SMILES string of the molecule is COC(OC)c1nc2c(C(N)=O)cccc2cc1CN1CCCCOC1=O. The first kappa shape index (κ1) is 19.1. The van der Waals surface area contributed by atoms with E-state index in [1.54, 1.807) is 17.0 Å². The van der Waals surface area contributed by atoms with Crippen LogP contribution in [0, 0.1) is 0 Å². The monoisotopic (exact) mass is 373 g/mol. The summed E-state index contributed by atoms with van der Waals surface area (Å²) in [6.07, 6.45) is 0.613. The Labute approximate surface area is 157 Å². The summed E-state index contributed by atoms with van der Waals surface area (Å²) in [5.41, 5.74) is 7.54. The summed E-state index contributed by atoms with van der Waals surface area (Å²) >= 11 is 0. The zero-order chi connectivity index (χ0) is 19.4. The fourth-order valence-electron chi connectivity index (χ4n) is 3.20. The number of amides is 2. The van der Waals surface area contributed by atoms with Crippen molar-refractivity contribution >= 4 is 22.9 Å². The molecule has 0 spiro atoms. The molecule has 1 aromatic carbocycles. The molecule has 1 aliphatic heterocycles. The molecule has 1 aromatic heterocycles. The number of carbonyl (C=O) groups excluding carboxylic acids is 2. The molecule has 1 saturated heterocycles. The van der Waals surface area contributed by atoms with Crippen molar-refractivity contribution < 1.29 is 23.8 Å². The number of cyclic esters (lactones) is 1. The highest BCUT2D eigenvalue weighted by atomic mass is 16.7. The molecule has 2 aromatic rings. The lowest BCUT2D eigenvalue weighted by molar-refractivity contribution is -0.109. The maximum Gasteiger partial charge on any atom is 0.410 e. The highest BCUT2D eigenvalue weighted by Gasteiger charge is 2.24. The van der Waals surface area contributed by atoms with Crippen molar-refractivity contribution in [3.63, 3.8) is 0 Å². The second kappa shape index (κ2) is 8.32. The summed E-state index contributed by atoms with van der Waals surface area (Å²) < 4.78 is 16.0. The normalized spacial score (nSPS) is 15.1. The van der Waals surface area contributed by atoms with Gasteiger partial charge in [-0.3, -0.25) is 4.79 Å². The number of primary amides is 1. The topological polar surface area (TPSA) is 104 Å². The molecule has 1 aliphatic rings. The number of rotatable bonds is 6. The van der Waals surface area contributed by atoms with Gasteiger partial charge in [0.2, 0.25) is 6.29 Å². The highest BCUT2D eigenvalue weighted by Crippen LogP contribution is 2.27. The smallest absolute Gasteiger partial charge is 0.410 e. The summed E-state index contributed by atoms with van der Waals surface area (Å²) in [6, 6.07) is 7.10. The zero-order valence-electron chi connectivity index (χ0n) is 15.4. The van der Waals surface area contributed by atoms with Gasteiger partial charge >= 0.3 is 6.09 Å². The molecule has 8 nitrogen and oxygen atoms in total. The molecular weight excluding hydrogens is 350 g/mol. The lowest BCUT2D eigenvalue weighted by Gasteiger charge is -2.23. The quantitative estimate of drug-likeness (QED) is 0.780. The fourth-order valence-corrected chi connectivity index (χ4v) is 3.20. The van der Waals surface area contributed by atoms with Gasteiger partial charge in [0.1, 0.15) is 5.69 Å². The van der Waals surface area contributed by atoms with Crippen molar-refractivity contribution in [1.82, 2.24) is 9.88 Å². The summed E-state index contributed by atoms with van der Waals surface area (Å²) in [5.74, 6) is -0.561. The zero-order valence-corrected chi connectivity index (χ0v) is 15.4. The average molecular weight is 373 g/mol. The van der Waals surface area contributed by atoms with Gasteiger partial charge in [-0.2, -0.15) is 0 Å². The predicted molar refractivity (Wildman–Crippen MR) is 98.0 cm³/mol. The minimum atomic E-state index is -0.742. The number of methoxy groups -OCH3 is 2. The molecular formula is C19H23N3O5. The van der Waals surface area contributed by atoms with Crippen LogP contribution in [0.25, 0.3) is 10.9 Å². The first-order valence-electron chi connectivity index (χ1n) is 8.74. The number of pyridine rings is 1. The third kappa shape index (κ3) is 4.01. The van der Waals surface area contributed by atoms with Crippen molar-refractivity contribution in [2.24, 2.45) is 5.73 Å². The highest BCUT2D eigenvalue weighted by molar-refractivity contribution is 6.04. The number of ether oxygens (including phenoxy) is 3. The molecule has 0 radical (unpaired) electrons. The minimum absolute atomic E-state index is 0.307. The van der Waals surface area contributed by atoms with Crippen molar-refractivity contribution in [2.75, 3.05) is 27.4 Å². The number of benzene rings is 1. The Balaban J connectivity index is 2.10. The van der Waals surface area contributed by atoms with Crippen molar-refractivity contribution in [1.29, 1.82) is 0 Å². The molecule has 2 heterocycles. The van der Waals surface area contributed by atoms with Gasteiger partial charge in [-0.05, 0) is 30.5 Å². The Morgan fingerprint density at radius 1 is 1.33 bits per heavy atom. The second-order valence-electron chi connectivity index (χ2n) is 6.32. The first-order chi connectivity index (χ1) is 13.0. The van der Waals surface area contributed by atoms with E-state index >= 15 is 0 Å². The van der Waals surface area contributed by atoms with Crippen molar-refractivity contribution in [2.45, 2.75) is 25.7 Å². The standard InChI is InChI=1S/C19H23N3O5/c1-25-18(26-2)16-13(11-22-8-3-4-9-27-19(22)24)10-12-6-5-7-14(17(20)23)15(12)21-16/h5-7,10,18H,3-4,8-9,11H2,1-2H3,(H2,20,23). The molecule has 1 fully saturated rings. The molecule has 2 N–H and O–H groups in total. The number of hydrogen-bond donors (Lipinski definition) is 1.